The van der Waals surface area contributed by atoms with Crippen molar-refractivity contribution in [2.45, 2.75) is 32.7 Å². The van der Waals surface area contributed by atoms with E-state index < -0.39 is 0 Å². The fraction of sp³-hybridized carbons (Fsp3) is 0.588. The van der Waals surface area contributed by atoms with Crippen LogP contribution in [0.4, 0.5) is 0 Å². The zero-order valence-electron chi connectivity index (χ0n) is 13.1. The predicted octanol–water partition coefficient (Wildman–Crippen LogP) is 1.40. The topological polar surface area (TPSA) is 58.4 Å². The smallest absolute Gasteiger partial charge is 0.237 e. The molecule has 0 bridgehead atoms. The Labute approximate surface area is 127 Å². The molecule has 2 atom stereocenters. The van der Waals surface area contributed by atoms with E-state index in [1.165, 1.54) is 5.56 Å². The monoisotopic (exact) mass is 289 g/mol. The lowest BCUT2D eigenvalue weighted by molar-refractivity contribution is -0.125. The summed E-state index contributed by atoms with van der Waals surface area (Å²) in [6, 6.07) is 10.2. The third kappa shape index (κ3) is 4.29. The Hall–Kier alpha value is -1.39. The number of carbonyl (C=O) groups is 1. The van der Waals surface area contributed by atoms with Gasteiger partial charge in [0.25, 0.3) is 0 Å². The molecule has 0 saturated carbocycles. The molecule has 1 heterocycles. The van der Waals surface area contributed by atoms with Crippen molar-refractivity contribution in [1.82, 2.24) is 10.2 Å². The van der Waals surface area contributed by atoms with Gasteiger partial charge in [0.2, 0.25) is 5.91 Å². The molecule has 1 aliphatic rings. The van der Waals surface area contributed by atoms with Gasteiger partial charge in [-0.1, -0.05) is 37.3 Å². The Kier molecular flexibility index (Phi) is 5.37. The highest BCUT2D eigenvalue weighted by Crippen LogP contribution is 2.29. The minimum absolute atomic E-state index is 0.0749. The molecule has 1 aromatic rings. The van der Waals surface area contributed by atoms with E-state index in [1.54, 1.807) is 0 Å². The maximum absolute atomic E-state index is 12.2. The molecule has 4 nitrogen and oxygen atoms in total. The van der Waals surface area contributed by atoms with Gasteiger partial charge in [0, 0.05) is 13.1 Å². The first-order chi connectivity index (χ1) is 10.0. The Morgan fingerprint density at radius 3 is 2.76 bits per heavy atom. The molecular weight excluding hydrogens is 262 g/mol. The van der Waals surface area contributed by atoms with Crippen molar-refractivity contribution in [3.63, 3.8) is 0 Å². The van der Waals surface area contributed by atoms with Crippen LogP contribution >= 0.6 is 0 Å². The van der Waals surface area contributed by atoms with E-state index >= 15 is 0 Å². The fourth-order valence-corrected chi connectivity index (χ4v) is 2.85. The second kappa shape index (κ2) is 7.05. The van der Waals surface area contributed by atoms with Gasteiger partial charge < -0.3 is 11.1 Å². The third-order valence-corrected chi connectivity index (χ3v) is 4.56. The summed E-state index contributed by atoms with van der Waals surface area (Å²) >= 11 is 0. The van der Waals surface area contributed by atoms with Crippen molar-refractivity contribution in [3.8, 4) is 0 Å². The van der Waals surface area contributed by atoms with Gasteiger partial charge in [-0.3, -0.25) is 9.69 Å². The van der Waals surface area contributed by atoms with E-state index in [-0.39, 0.29) is 17.4 Å². The van der Waals surface area contributed by atoms with Crippen LogP contribution in [-0.4, -0.2) is 43.0 Å². The van der Waals surface area contributed by atoms with Crippen molar-refractivity contribution in [1.29, 1.82) is 0 Å². The molecular formula is C17H27N3O. The molecule has 1 fully saturated rings. The number of amides is 1. The van der Waals surface area contributed by atoms with Crippen molar-refractivity contribution in [3.05, 3.63) is 35.9 Å². The molecule has 0 aliphatic carbocycles. The first kappa shape index (κ1) is 16.0. The van der Waals surface area contributed by atoms with Crippen LogP contribution < -0.4 is 11.1 Å². The summed E-state index contributed by atoms with van der Waals surface area (Å²) in [6.07, 6.45) is 1.95. The highest BCUT2D eigenvalue weighted by atomic mass is 16.2. The SMILES string of the molecule is CC(C(=O)NCCc1ccccc1)N1CCC(C)(CN)C1. The summed E-state index contributed by atoms with van der Waals surface area (Å²) < 4.78 is 0. The lowest BCUT2D eigenvalue weighted by Crippen LogP contribution is -2.45. The second-order valence-corrected chi connectivity index (χ2v) is 6.44. The number of carbonyl (C=O) groups excluding carboxylic acids is 1. The summed E-state index contributed by atoms with van der Waals surface area (Å²) in [6.45, 7) is 7.44. The molecule has 0 aromatic heterocycles. The Bertz CT molecular complexity index is 462. The van der Waals surface area contributed by atoms with Crippen molar-refractivity contribution < 1.29 is 4.79 Å². The normalized spacial score (nSPS) is 24.0. The zero-order chi connectivity index (χ0) is 15.3. The Morgan fingerprint density at radius 1 is 1.43 bits per heavy atom. The summed E-state index contributed by atoms with van der Waals surface area (Å²) in [7, 11) is 0. The van der Waals surface area contributed by atoms with Gasteiger partial charge in [0.05, 0.1) is 6.04 Å². The molecule has 1 amide bonds. The predicted molar refractivity (Wildman–Crippen MR) is 86.0 cm³/mol. The maximum atomic E-state index is 12.2. The number of nitrogens with zero attached hydrogens (tertiary/aromatic N) is 1. The van der Waals surface area contributed by atoms with E-state index in [9.17, 15) is 4.79 Å². The number of nitrogens with two attached hydrogens (primary N) is 1. The van der Waals surface area contributed by atoms with Crippen LogP contribution in [0.15, 0.2) is 30.3 Å². The molecule has 1 saturated heterocycles. The van der Waals surface area contributed by atoms with Crippen LogP contribution in [-0.2, 0) is 11.2 Å². The van der Waals surface area contributed by atoms with Gasteiger partial charge in [-0.05, 0) is 43.8 Å². The highest BCUT2D eigenvalue weighted by Gasteiger charge is 2.36. The van der Waals surface area contributed by atoms with Crippen LogP contribution in [0.2, 0.25) is 0 Å². The maximum Gasteiger partial charge on any atom is 0.237 e. The average Bonchev–Trinajstić information content (AvgIpc) is 2.91. The highest BCUT2D eigenvalue weighted by molar-refractivity contribution is 5.81. The number of nitrogens with one attached hydrogen (secondary N) is 1. The zero-order valence-corrected chi connectivity index (χ0v) is 13.1. The van der Waals surface area contributed by atoms with Crippen LogP contribution in [0, 0.1) is 5.41 Å². The molecule has 2 unspecified atom stereocenters. The van der Waals surface area contributed by atoms with E-state index in [4.69, 9.17) is 5.73 Å². The van der Waals surface area contributed by atoms with Gasteiger partial charge in [0.15, 0.2) is 0 Å². The van der Waals surface area contributed by atoms with E-state index in [0.717, 1.165) is 25.9 Å². The standard InChI is InChI=1S/C17H27N3O/c1-14(20-11-9-17(2,12-18)13-20)16(21)19-10-8-15-6-4-3-5-7-15/h3-7,14H,8-13,18H2,1-2H3,(H,19,21). The number of likely N-dealkylation sites (tertiary alicyclic amines) is 1. The molecule has 1 aromatic carbocycles. The van der Waals surface area contributed by atoms with Crippen molar-refractivity contribution in [2.24, 2.45) is 11.1 Å². The number of hydrogen-bond donors (Lipinski definition) is 2. The summed E-state index contributed by atoms with van der Waals surface area (Å²) in [5, 5.41) is 3.04. The fourth-order valence-electron chi connectivity index (χ4n) is 2.85. The number of hydrogen-bond acceptors (Lipinski definition) is 3. The van der Waals surface area contributed by atoms with Gasteiger partial charge in [-0.25, -0.2) is 0 Å². The van der Waals surface area contributed by atoms with Crippen LogP contribution in [0.25, 0.3) is 0 Å². The minimum Gasteiger partial charge on any atom is -0.354 e. The molecule has 2 rings (SSSR count). The Balaban J connectivity index is 1.76. The van der Waals surface area contributed by atoms with Gasteiger partial charge in [-0.2, -0.15) is 0 Å². The molecule has 4 heteroatoms. The Morgan fingerprint density at radius 2 is 2.14 bits per heavy atom. The van der Waals surface area contributed by atoms with Gasteiger partial charge in [0.1, 0.15) is 0 Å². The third-order valence-electron chi connectivity index (χ3n) is 4.56. The van der Waals surface area contributed by atoms with E-state index in [0.29, 0.717) is 13.1 Å². The summed E-state index contributed by atoms with van der Waals surface area (Å²) in [5.41, 5.74) is 7.24. The second-order valence-electron chi connectivity index (χ2n) is 6.44. The summed E-state index contributed by atoms with van der Waals surface area (Å²) in [5.74, 6) is 0.118. The molecule has 1 aliphatic heterocycles. The molecule has 21 heavy (non-hydrogen) atoms. The average molecular weight is 289 g/mol. The lowest BCUT2D eigenvalue weighted by Gasteiger charge is -2.26. The quantitative estimate of drug-likeness (QED) is 0.832. The van der Waals surface area contributed by atoms with Crippen molar-refractivity contribution in [2.75, 3.05) is 26.2 Å². The van der Waals surface area contributed by atoms with Crippen LogP contribution in [0.1, 0.15) is 25.8 Å². The summed E-state index contributed by atoms with van der Waals surface area (Å²) in [4.78, 5) is 14.5. The van der Waals surface area contributed by atoms with E-state index in [1.807, 2.05) is 25.1 Å². The first-order valence-electron chi connectivity index (χ1n) is 7.80. The van der Waals surface area contributed by atoms with Crippen LogP contribution in [0.3, 0.4) is 0 Å². The first-order valence-corrected chi connectivity index (χ1v) is 7.80. The van der Waals surface area contributed by atoms with Gasteiger partial charge >= 0.3 is 0 Å². The van der Waals surface area contributed by atoms with E-state index in [2.05, 4.69) is 29.3 Å². The molecule has 0 spiro atoms. The number of rotatable bonds is 6. The minimum atomic E-state index is -0.0749. The molecule has 0 radical (unpaired) electrons. The number of benzene rings is 1. The molecule has 3 N–H and O–H groups in total. The molecule has 116 valence electrons. The van der Waals surface area contributed by atoms with Crippen LogP contribution in [0.5, 0.6) is 0 Å². The van der Waals surface area contributed by atoms with Gasteiger partial charge in [-0.15, -0.1) is 0 Å². The largest absolute Gasteiger partial charge is 0.354 e. The lowest BCUT2D eigenvalue weighted by atomic mass is 9.90. The van der Waals surface area contributed by atoms with Crippen molar-refractivity contribution >= 4 is 5.91 Å².